The number of hydrogen-bond donors (Lipinski definition) is 0. The molecule has 0 atom stereocenters. The van der Waals surface area contributed by atoms with E-state index in [4.69, 9.17) is 0 Å². The molecule has 1 rings (SSSR count). The zero-order chi connectivity index (χ0) is 12.0. The van der Waals surface area contributed by atoms with Crippen molar-refractivity contribution in [3.63, 3.8) is 0 Å². The highest BCUT2D eigenvalue weighted by Gasteiger charge is 2.15. The molecule has 16 heavy (non-hydrogen) atoms. The Morgan fingerprint density at radius 2 is 1.81 bits per heavy atom. The fourth-order valence-corrected chi connectivity index (χ4v) is 1.88. The summed E-state index contributed by atoms with van der Waals surface area (Å²) in [6.45, 7) is 13.7. The smallest absolute Gasteiger partial charge is 0.0237 e. The molecule has 0 saturated carbocycles. The maximum atomic E-state index is 3.83. The van der Waals surface area contributed by atoms with Crippen molar-refractivity contribution in [1.82, 2.24) is 4.90 Å². The Kier molecular flexibility index (Phi) is 4.75. The normalized spacial score (nSPS) is 11.8. The summed E-state index contributed by atoms with van der Waals surface area (Å²) in [5.74, 6) is 0. The molecule has 0 radical (unpaired) electrons. The third-order valence-corrected chi connectivity index (χ3v) is 2.33. The summed E-state index contributed by atoms with van der Waals surface area (Å²) >= 11 is 0. The largest absolute Gasteiger partial charge is 0.295 e. The van der Waals surface area contributed by atoms with Crippen molar-refractivity contribution in [3.05, 3.63) is 48.6 Å². The van der Waals surface area contributed by atoms with Gasteiger partial charge in [-0.25, -0.2) is 0 Å². The van der Waals surface area contributed by atoms with Gasteiger partial charge >= 0.3 is 0 Å². The summed E-state index contributed by atoms with van der Waals surface area (Å²) in [6.07, 6.45) is 1.98. The van der Waals surface area contributed by atoms with Gasteiger partial charge in [0.2, 0.25) is 0 Å². The van der Waals surface area contributed by atoms with E-state index < -0.39 is 0 Å². The second-order valence-electron chi connectivity index (χ2n) is 5.50. The summed E-state index contributed by atoms with van der Waals surface area (Å²) < 4.78 is 0. The topological polar surface area (TPSA) is 3.24 Å². The van der Waals surface area contributed by atoms with E-state index in [-0.39, 0.29) is 0 Å². The standard InChI is InChI=1S/C15H23N/c1-5-11-16(13-15(2,3)4)12-14-9-7-6-8-10-14/h5-10H,1,11-13H2,2-4H3. The molecule has 0 aromatic heterocycles. The summed E-state index contributed by atoms with van der Waals surface area (Å²) in [4.78, 5) is 2.43. The molecule has 1 heteroatoms. The SMILES string of the molecule is C=CCN(Cc1ccccc1)CC(C)(C)C. The van der Waals surface area contributed by atoms with Gasteiger partial charge in [-0.3, -0.25) is 4.90 Å². The Morgan fingerprint density at radius 3 is 2.31 bits per heavy atom. The van der Waals surface area contributed by atoms with E-state index >= 15 is 0 Å². The first-order valence-electron chi connectivity index (χ1n) is 5.88. The minimum absolute atomic E-state index is 0.331. The van der Waals surface area contributed by atoms with Crippen LogP contribution in [0, 0.1) is 5.41 Å². The Morgan fingerprint density at radius 1 is 1.19 bits per heavy atom. The second kappa shape index (κ2) is 5.86. The van der Waals surface area contributed by atoms with Crippen LogP contribution in [0.25, 0.3) is 0 Å². The molecule has 88 valence electrons. The van der Waals surface area contributed by atoms with Crippen molar-refractivity contribution in [2.24, 2.45) is 5.41 Å². The van der Waals surface area contributed by atoms with Crippen LogP contribution in [0.15, 0.2) is 43.0 Å². The van der Waals surface area contributed by atoms with E-state index in [9.17, 15) is 0 Å². The highest BCUT2D eigenvalue weighted by molar-refractivity contribution is 5.14. The van der Waals surface area contributed by atoms with Crippen molar-refractivity contribution in [2.75, 3.05) is 13.1 Å². The van der Waals surface area contributed by atoms with E-state index in [0.717, 1.165) is 19.6 Å². The Balaban J connectivity index is 2.61. The van der Waals surface area contributed by atoms with E-state index in [2.05, 4.69) is 62.6 Å². The summed E-state index contributed by atoms with van der Waals surface area (Å²) in [6, 6.07) is 10.6. The summed E-state index contributed by atoms with van der Waals surface area (Å²) in [7, 11) is 0. The zero-order valence-corrected chi connectivity index (χ0v) is 10.7. The van der Waals surface area contributed by atoms with E-state index in [1.165, 1.54) is 5.56 Å². The molecule has 0 aliphatic rings. The van der Waals surface area contributed by atoms with Gasteiger partial charge in [-0.15, -0.1) is 6.58 Å². The van der Waals surface area contributed by atoms with Gasteiger partial charge in [0.15, 0.2) is 0 Å². The van der Waals surface area contributed by atoms with E-state index in [1.54, 1.807) is 0 Å². The molecule has 1 aromatic carbocycles. The Hall–Kier alpha value is -1.08. The molecule has 0 amide bonds. The van der Waals surface area contributed by atoms with Crippen LogP contribution in [0.5, 0.6) is 0 Å². The van der Waals surface area contributed by atoms with Crippen molar-refractivity contribution >= 4 is 0 Å². The van der Waals surface area contributed by atoms with Crippen LogP contribution in [0.4, 0.5) is 0 Å². The van der Waals surface area contributed by atoms with Gasteiger partial charge in [-0.2, -0.15) is 0 Å². The third-order valence-electron chi connectivity index (χ3n) is 2.33. The number of hydrogen-bond acceptors (Lipinski definition) is 1. The van der Waals surface area contributed by atoms with E-state index in [1.807, 2.05) is 6.08 Å². The lowest BCUT2D eigenvalue weighted by atomic mass is 9.96. The molecule has 0 bridgehead atoms. The van der Waals surface area contributed by atoms with Crippen LogP contribution in [-0.4, -0.2) is 18.0 Å². The maximum absolute atomic E-state index is 3.83. The van der Waals surface area contributed by atoms with Crippen molar-refractivity contribution in [2.45, 2.75) is 27.3 Å². The average Bonchev–Trinajstić information content (AvgIpc) is 2.17. The van der Waals surface area contributed by atoms with Crippen molar-refractivity contribution in [1.29, 1.82) is 0 Å². The highest BCUT2D eigenvalue weighted by atomic mass is 15.1. The van der Waals surface area contributed by atoms with Gasteiger partial charge in [0.05, 0.1) is 0 Å². The quantitative estimate of drug-likeness (QED) is 0.679. The van der Waals surface area contributed by atoms with Crippen LogP contribution in [-0.2, 0) is 6.54 Å². The predicted molar refractivity (Wildman–Crippen MR) is 71.4 cm³/mol. The first kappa shape index (κ1) is 13.0. The first-order chi connectivity index (χ1) is 7.51. The minimum Gasteiger partial charge on any atom is -0.295 e. The van der Waals surface area contributed by atoms with Crippen molar-refractivity contribution < 1.29 is 0 Å². The third kappa shape index (κ3) is 5.13. The monoisotopic (exact) mass is 217 g/mol. The Bertz CT molecular complexity index is 308. The van der Waals surface area contributed by atoms with Crippen molar-refractivity contribution in [3.8, 4) is 0 Å². The predicted octanol–water partition coefficient (Wildman–Crippen LogP) is 3.72. The summed E-state index contributed by atoms with van der Waals surface area (Å²) in [5.41, 5.74) is 1.70. The molecule has 0 heterocycles. The molecule has 0 unspecified atom stereocenters. The molecular weight excluding hydrogens is 194 g/mol. The zero-order valence-electron chi connectivity index (χ0n) is 10.7. The molecule has 0 aliphatic carbocycles. The second-order valence-corrected chi connectivity index (χ2v) is 5.50. The Labute approximate surface area is 99.8 Å². The number of benzene rings is 1. The molecule has 1 aromatic rings. The average molecular weight is 217 g/mol. The fourth-order valence-electron chi connectivity index (χ4n) is 1.88. The van der Waals surface area contributed by atoms with Gasteiger partial charge in [0.25, 0.3) is 0 Å². The van der Waals surface area contributed by atoms with Crippen LogP contribution in [0.1, 0.15) is 26.3 Å². The number of rotatable bonds is 5. The summed E-state index contributed by atoms with van der Waals surface area (Å²) in [5, 5.41) is 0. The first-order valence-corrected chi connectivity index (χ1v) is 5.88. The van der Waals surface area contributed by atoms with Crippen LogP contribution in [0.2, 0.25) is 0 Å². The highest BCUT2D eigenvalue weighted by Crippen LogP contribution is 2.17. The van der Waals surface area contributed by atoms with E-state index in [0.29, 0.717) is 5.41 Å². The van der Waals surface area contributed by atoms with Crippen LogP contribution >= 0.6 is 0 Å². The minimum atomic E-state index is 0.331. The van der Waals surface area contributed by atoms with Crippen LogP contribution < -0.4 is 0 Å². The molecule has 0 aliphatic heterocycles. The molecular formula is C15H23N. The maximum Gasteiger partial charge on any atom is 0.0237 e. The van der Waals surface area contributed by atoms with Gasteiger partial charge in [-0.1, -0.05) is 57.2 Å². The lowest BCUT2D eigenvalue weighted by Crippen LogP contribution is -2.32. The van der Waals surface area contributed by atoms with Gasteiger partial charge in [-0.05, 0) is 11.0 Å². The molecule has 0 fully saturated rings. The van der Waals surface area contributed by atoms with Crippen LogP contribution in [0.3, 0.4) is 0 Å². The van der Waals surface area contributed by atoms with Gasteiger partial charge in [0.1, 0.15) is 0 Å². The molecule has 1 nitrogen and oxygen atoms in total. The van der Waals surface area contributed by atoms with Gasteiger partial charge in [0, 0.05) is 19.6 Å². The van der Waals surface area contributed by atoms with Gasteiger partial charge < -0.3 is 0 Å². The fraction of sp³-hybridized carbons (Fsp3) is 0.467. The molecule has 0 spiro atoms. The molecule has 0 N–H and O–H groups in total. The lowest BCUT2D eigenvalue weighted by Gasteiger charge is -2.29. The molecule has 0 saturated heterocycles. The number of nitrogens with zero attached hydrogens (tertiary/aromatic N) is 1. The lowest BCUT2D eigenvalue weighted by molar-refractivity contribution is 0.201.